The Morgan fingerprint density at radius 2 is 1.88 bits per heavy atom. The van der Waals surface area contributed by atoms with E-state index in [-0.39, 0.29) is 0 Å². The zero-order valence-electron chi connectivity index (χ0n) is 10.3. The number of anilines is 1. The van der Waals surface area contributed by atoms with Crippen molar-refractivity contribution in [2.24, 2.45) is 0 Å². The molecule has 90 valence electrons. The van der Waals surface area contributed by atoms with Gasteiger partial charge in [0.15, 0.2) is 0 Å². The van der Waals surface area contributed by atoms with Crippen LogP contribution in [0.5, 0.6) is 0 Å². The van der Waals surface area contributed by atoms with Gasteiger partial charge in [0.25, 0.3) is 0 Å². The van der Waals surface area contributed by atoms with Gasteiger partial charge in [-0.3, -0.25) is 4.98 Å². The molecule has 2 aromatic rings. The van der Waals surface area contributed by atoms with E-state index in [0.717, 1.165) is 23.4 Å². The molecule has 0 saturated carbocycles. The second kappa shape index (κ2) is 6.18. The summed E-state index contributed by atoms with van der Waals surface area (Å²) in [5.41, 5.74) is 1.90. The quantitative estimate of drug-likeness (QED) is 0.769. The molecule has 1 aromatic heterocycles. The number of nitrogens with one attached hydrogen (secondary N) is 1. The molecule has 17 heavy (non-hydrogen) atoms. The van der Waals surface area contributed by atoms with E-state index in [1.807, 2.05) is 30.5 Å². The first kappa shape index (κ1) is 11.8. The third-order valence-electron chi connectivity index (χ3n) is 2.79. The minimum absolute atomic E-state index is 0.875. The summed E-state index contributed by atoms with van der Waals surface area (Å²) in [4.78, 5) is 8.89. The van der Waals surface area contributed by atoms with Crippen molar-refractivity contribution in [3.63, 3.8) is 0 Å². The van der Waals surface area contributed by atoms with E-state index in [1.165, 1.54) is 25.7 Å². The Kier molecular flexibility index (Phi) is 4.30. The molecule has 0 aliphatic rings. The van der Waals surface area contributed by atoms with Crippen molar-refractivity contribution in [2.75, 3.05) is 11.9 Å². The summed E-state index contributed by atoms with van der Waals surface area (Å²) in [6.07, 6.45) is 6.87. The molecule has 3 heteroatoms. The molecule has 1 N–H and O–H groups in total. The van der Waals surface area contributed by atoms with Crippen LogP contribution in [-0.2, 0) is 0 Å². The second-order valence-corrected chi connectivity index (χ2v) is 4.23. The lowest BCUT2D eigenvalue weighted by Gasteiger charge is -2.05. The lowest BCUT2D eigenvalue weighted by molar-refractivity contribution is 0.684. The van der Waals surface area contributed by atoms with Gasteiger partial charge >= 0.3 is 0 Å². The van der Waals surface area contributed by atoms with Crippen molar-refractivity contribution in [3.8, 4) is 0 Å². The first-order chi connectivity index (χ1) is 8.40. The number of unbranched alkanes of at least 4 members (excludes halogenated alkanes) is 3. The Bertz CT molecular complexity index is 468. The van der Waals surface area contributed by atoms with Crippen molar-refractivity contribution in [2.45, 2.75) is 32.6 Å². The molecule has 0 bridgehead atoms. The van der Waals surface area contributed by atoms with Crippen LogP contribution in [0.15, 0.2) is 30.5 Å². The fourth-order valence-corrected chi connectivity index (χ4v) is 1.81. The highest BCUT2D eigenvalue weighted by Crippen LogP contribution is 2.11. The highest BCUT2D eigenvalue weighted by Gasteiger charge is 1.97. The van der Waals surface area contributed by atoms with Gasteiger partial charge in [-0.15, -0.1) is 0 Å². The van der Waals surface area contributed by atoms with Gasteiger partial charge in [-0.05, 0) is 18.6 Å². The molecule has 0 spiro atoms. The number of benzene rings is 1. The Morgan fingerprint density at radius 3 is 2.71 bits per heavy atom. The summed E-state index contributed by atoms with van der Waals surface area (Å²) in [5.74, 6) is 0.875. The van der Waals surface area contributed by atoms with E-state index in [1.54, 1.807) is 0 Å². The number of hydrogen-bond donors (Lipinski definition) is 1. The number of hydrogen-bond acceptors (Lipinski definition) is 3. The van der Waals surface area contributed by atoms with Crippen LogP contribution in [0.3, 0.4) is 0 Å². The largest absolute Gasteiger partial charge is 0.369 e. The van der Waals surface area contributed by atoms with E-state index >= 15 is 0 Å². The van der Waals surface area contributed by atoms with Gasteiger partial charge in [0.1, 0.15) is 5.82 Å². The lowest BCUT2D eigenvalue weighted by atomic mass is 10.2. The van der Waals surface area contributed by atoms with E-state index < -0.39 is 0 Å². The van der Waals surface area contributed by atoms with Gasteiger partial charge in [0, 0.05) is 6.54 Å². The number of rotatable bonds is 6. The monoisotopic (exact) mass is 229 g/mol. The Hall–Kier alpha value is -1.64. The third kappa shape index (κ3) is 3.41. The van der Waals surface area contributed by atoms with E-state index in [9.17, 15) is 0 Å². The highest BCUT2D eigenvalue weighted by atomic mass is 15.0. The first-order valence-electron chi connectivity index (χ1n) is 6.36. The fraction of sp³-hybridized carbons (Fsp3) is 0.429. The zero-order valence-corrected chi connectivity index (χ0v) is 10.3. The van der Waals surface area contributed by atoms with E-state index in [0.29, 0.717) is 0 Å². The average molecular weight is 229 g/mol. The molecule has 0 radical (unpaired) electrons. The van der Waals surface area contributed by atoms with Gasteiger partial charge in [-0.2, -0.15) is 0 Å². The summed E-state index contributed by atoms with van der Waals surface area (Å²) in [6, 6.07) is 7.94. The molecule has 0 aliphatic heterocycles. The number of para-hydroxylation sites is 2. The Labute approximate surface area is 102 Å². The maximum absolute atomic E-state index is 4.52. The van der Waals surface area contributed by atoms with Crippen LogP contribution >= 0.6 is 0 Å². The number of nitrogens with zero attached hydrogens (tertiary/aromatic N) is 2. The molecule has 0 unspecified atom stereocenters. The molecule has 3 nitrogen and oxygen atoms in total. The summed E-state index contributed by atoms with van der Waals surface area (Å²) < 4.78 is 0. The van der Waals surface area contributed by atoms with Crippen molar-refractivity contribution < 1.29 is 0 Å². The molecule has 1 aromatic carbocycles. The highest BCUT2D eigenvalue weighted by molar-refractivity contribution is 5.75. The number of aromatic nitrogens is 2. The van der Waals surface area contributed by atoms with Crippen molar-refractivity contribution >= 4 is 16.9 Å². The molecule has 0 fully saturated rings. The smallest absolute Gasteiger partial charge is 0.145 e. The zero-order chi connectivity index (χ0) is 11.9. The summed E-state index contributed by atoms with van der Waals surface area (Å²) in [5, 5.41) is 3.32. The average Bonchev–Trinajstić information content (AvgIpc) is 2.38. The van der Waals surface area contributed by atoms with Crippen LogP contribution in [0.25, 0.3) is 11.0 Å². The minimum Gasteiger partial charge on any atom is -0.369 e. The molecular formula is C14H19N3. The predicted molar refractivity (Wildman–Crippen MR) is 72.2 cm³/mol. The molecular weight excluding hydrogens is 210 g/mol. The summed E-state index contributed by atoms with van der Waals surface area (Å²) in [6.45, 7) is 3.20. The molecule has 0 atom stereocenters. The van der Waals surface area contributed by atoms with E-state index in [2.05, 4.69) is 22.2 Å². The van der Waals surface area contributed by atoms with Crippen LogP contribution in [0, 0.1) is 0 Å². The summed E-state index contributed by atoms with van der Waals surface area (Å²) in [7, 11) is 0. The maximum Gasteiger partial charge on any atom is 0.145 e. The van der Waals surface area contributed by atoms with Gasteiger partial charge < -0.3 is 5.32 Å². The second-order valence-electron chi connectivity index (χ2n) is 4.23. The summed E-state index contributed by atoms with van der Waals surface area (Å²) >= 11 is 0. The van der Waals surface area contributed by atoms with Crippen LogP contribution in [0.1, 0.15) is 32.6 Å². The van der Waals surface area contributed by atoms with Gasteiger partial charge in [-0.1, -0.05) is 38.3 Å². The van der Waals surface area contributed by atoms with Crippen LogP contribution in [0.4, 0.5) is 5.82 Å². The normalized spacial score (nSPS) is 10.6. The SMILES string of the molecule is CCCCCCNc1cnc2ccccc2n1. The van der Waals surface area contributed by atoms with Crippen molar-refractivity contribution in [1.82, 2.24) is 9.97 Å². The van der Waals surface area contributed by atoms with Crippen molar-refractivity contribution in [3.05, 3.63) is 30.5 Å². The van der Waals surface area contributed by atoms with Crippen LogP contribution in [0.2, 0.25) is 0 Å². The Morgan fingerprint density at radius 1 is 1.06 bits per heavy atom. The van der Waals surface area contributed by atoms with Crippen molar-refractivity contribution in [1.29, 1.82) is 0 Å². The van der Waals surface area contributed by atoms with Gasteiger partial charge in [0.05, 0.1) is 17.2 Å². The van der Waals surface area contributed by atoms with Gasteiger partial charge in [-0.25, -0.2) is 4.98 Å². The van der Waals surface area contributed by atoms with Gasteiger partial charge in [0.2, 0.25) is 0 Å². The maximum atomic E-state index is 4.52. The molecule has 0 saturated heterocycles. The fourth-order valence-electron chi connectivity index (χ4n) is 1.81. The lowest BCUT2D eigenvalue weighted by Crippen LogP contribution is -2.03. The predicted octanol–water partition coefficient (Wildman–Crippen LogP) is 3.62. The van der Waals surface area contributed by atoms with E-state index in [4.69, 9.17) is 0 Å². The first-order valence-corrected chi connectivity index (χ1v) is 6.36. The molecule has 0 amide bonds. The minimum atomic E-state index is 0.875. The topological polar surface area (TPSA) is 37.8 Å². The molecule has 2 rings (SSSR count). The molecule has 1 heterocycles. The third-order valence-corrected chi connectivity index (χ3v) is 2.79. The standard InChI is InChI=1S/C14H19N3/c1-2-3-4-7-10-15-14-11-16-12-8-5-6-9-13(12)17-14/h5-6,8-9,11H,2-4,7,10H2,1H3,(H,15,17). The van der Waals surface area contributed by atoms with Crippen LogP contribution < -0.4 is 5.32 Å². The van der Waals surface area contributed by atoms with Crippen LogP contribution in [-0.4, -0.2) is 16.5 Å². The Balaban J connectivity index is 1.90. The number of fused-ring (bicyclic) bond motifs is 1. The molecule has 0 aliphatic carbocycles.